The van der Waals surface area contributed by atoms with Crippen LogP contribution in [0.15, 0.2) is 36.5 Å². The first-order chi connectivity index (χ1) is 12.7. The number of anilines is 3. The Bertz CT molecular complexity index is 733. The Hall–Kier alpha value is -2.34. The summed E-state index contributed by atoms with van der Waals surface area (Å²) in [5, 5.41) is 0. The highest BCUT2D eigenvalue weighted by Crippen LogP contribution is 2.21. The summed E-state index contributed by atoms with van der Waals surface area (Å²) in [5.41, 5.74) is 2.63. The molecule has 1 aromatic heterocycles. The van der Waals surface area contributed by atoms with Crippen LogP contribution in [0.4, 0.5) is 17.5 Å². The Morgan fingerprint density at radius 3 is 2.23 bits per heavy atom. The highest BCUT2D eigenvalue weighted by molar-refractivity contribution is 5.51. The van der Waals surface area contributed by atoms with Crippen LogP contribution in [-0.2, 0) is 0 Å². The van der Waals surface area contributed by atoms with Crippen molar-refractivity contribution in [1.29, 1.82) is 0 Å². The number of piperazine rings is 2. The molecule has 0 saturated carbocycles. The summed E-state index contributed by atoms with van der Waals surface area (Å²) in [6, 6.07) is 10.8. The van der Waals surface area contributed by atoms with Gasteiger partial charge in [0.2, 0.25) is 5.95 Å². The van der Waals surface area contributed by atoms with Crippen LogP contribution in [0.1, 0.15) is 5.56 Å². The summed E-state index contributed by atoms with van der Waals surface area (Å²) >= 11 is 0. The van der Waals surface area contributed by atoms with E-state index in [1.807, 2.05) is 12.3 Å². The predicted octanol–water partition coefficient (Wildman–Crippen LogP) is 1.86. The molecule has 6 nitrogen and oxygen atoms in total. The van der Waals surface area contributed by atoms with Crippen LogP contribution in [0.3, 0.4) is 0 Å². The fourth-order valence-corrected chi connectivity index (χ4v) is 3.69. The number of nitrogens with zero attached hydrogens (tertiary/aromatic N) is 6. The maximum atomic E-state index is 4.86. The number of benzene rings is 1. The molecule has 0 radical (unpaired) electrons. The van der Waals surface area contributed by atoms with Gasteiger partial charge in [0.25, 0.3) is 0 Å². The Morgan fingerprint density at radius 1 is 0.808 bits per heavy atom. The van der Waals surface area contributed by atoms with E-state index in [1.54, 1.807) is 0 Å². The van der Waals surface area contributed by atoms with Crippen LogP contribution in [0.2, 0.25) is 0 Å². The minimum atomic E-state index is 0.866. The standard InChI is InChI=1S/C20H28N6/c1-17-4-3-5-18(16-17)24-12-14-26(15-13-24)20-21-7-6-19(22-20)25-10-8-23(2)9-11-25/h3-7,16H,8-15H2,1-2H3. The summed E-state index contributed by atoms with van der Waals surface area (Å²) in [6.45, 7) is 10.3. The van der Waals surface area contributed by atoms with Crippen molar-refractivity contribution in [3.8, 4) is 0 Å². The summed E-state index contributed by atoms with van der Waals surface area (Å²) in [5.74, 6) is 1.93. The quantitative estimate of drug-likeness (QED) is 0.840. The average Bonchev–Trinajstić information content (AvgIpc) is 2.69. The zero-order chi connectivity index (χ0) is 17.9. The molecular weight excluding hydrogens is 324 g/mol. The zero-order valence-corrected chi connectivity index (χ0v) is 15.8. The Morgan fingerprint density at radius 2 is 1.50 bits per heavy atom. The van der Waals surface area contributed by atoms with Gasteiger partial charge in [-0.25, -0.2) is 4.98 Å². The first-order valence-electron chi connectivity index (χ1n) is 9.52. The molecule has 2 saturated heterocycles. The molecule has 3 heterocycles. The van der Waals surface area contributed by atoms with Crippen molar-refractivity contribution in [3.63, 3.8) is 0 Å². The van der Waals surface area contributed by atoms with Crippen LogP contribution >= 0.6 is 0 Å². The lowest BCUT2D eigenvalue weighted by Crippen LogP contribution is -2.47. The number of hydrogen-bond acceptors (Lipinski definition) is 6. The molecule has 2 fully saturated rings. The molecule has 0 amide bonds. The van der Waals surface area contributed by atoms with Gasteiger partial charge in [-0.05, 0) is 37.7 Å². The number of hydrogen-bond donors (Lipinski definition) is 0. The lowest BCUT2D eigenvalue weighted by Gasteiger charge is -2.37. The van der Waals surface area contributed by atoms with E-state index in [9.17, 15) is 0 Å². The van der Waals surface area contributed by atoms with Crippen molar-refractivity contribution in [2.75, 3.05) is 74.1 Å². The number of aryl methyl sites for hydroxylation is 1. The van der Waals surface area contributed by atoms with Gasteiger partial charge in [0.05, 0.1) is 0 Å². The first kappa shape index (κ1) is 17.1. The molecule has 138 valence electrons. The zero-order valence-electron chi connectivity index (χ0n) is 15.8. The van der Waals surface area contributed by atoms with E-state index in [2.05, 4.69) is 62.8 Å². The maximum absolute atomic E-state index is 4.86. The van der Waals surface area contributed by atoms with E-state index in [-0.39, 0.29) is 0 Å². The smallest absolute Gasteiger partial charge is 0.227 e. The second-order valence-corrected chi connectivity index (χ2v) is 7.32. The fraction of sp³-hybridized carbons (Fsp3) is 0.500. The van der Waals surface area contributed by atoms with Crippen molar-refractivity contribution >= 4 is 17.5 Å². The molecule has 2 aliphatic heterocycles. The van der Waals surface area contributed by atoms with E-state index >= 15 is 0 Å². The topological polar surface area (TPSA) is 38.7 Å². The lowest BCUT2D eigenvalue weighted by atomic mass is 10.2. The number of rotatable bonds is 3. The SMILES string of the molecule is Cc1cccc(N2CCN(c3nccc(N4CCN(C)CC4)n3)CC2)c1. The van der Waals surface area contributed by atoms with Crippen LogP contribution in [0.25, 0.3) is 0 Å². The Kier molecular flexibility index (Phi) is 4.93. The fourth-order valence-electron chi connectivity index (χ4n) is 3.69. The minimum absolute atomic E-state index is 0.866. The van der Waals surface area contributed by atoms with E-state index in [4.69, 9.17) is 4.98 Å². The minimum Gasteiger partial charge on any atom is -0.368 e. The van der Waals surface area contributed by atoms with Crippen molar-refractivity contribution in [3.05, 3.63) is 42.1 Å². The van der Waals surface area contributed by atoms with Crippen molar-refractivity contribution in [2.45, 2.75) is 6.92 Å². The molecule has 4 rings (SSSR count). The third-order valence-corrected chi connectivity index (χ3v) is 5.38. The highest BCUT2D eigenvalue weighted by atomic mass is 15.3. The third-order valence-electron chi connectivity index (χ3n) is 5.38. The molecular formula is C20H28N6. The van der Waals surface area contributed by atoms with Gasteiger partial charge < -0.3 is 19.6 Å². The van der Waals surface area contributed by atoms with Gasteiger partial charge in [-0.15, -0.1) is 0 Å². The summed E-state index contributed by atoms with van der Waals surface area (Å²) in [6.07, 6.45) is 1.91. The Labute approximate surface area is 156 Å². The monoisotopic (exact) mass is 352 g/mol. The molecule has 2 aromatic rings. The molecule has 0 spiro atoms. The van der Waals surface area contributed by atoms with Crippen molar-refractivity contribution in [2.24, 2.45) is 0 Å². The largest absolute Gasteiger partial charge is 0.368 e. The second-order valence-electron chi connectivity index (χ2n) is 7.32. The van der Waals surface area contributed by atoms with Gasteiger partial charge in [0.15, 0.2) is 0 Å². The van der Waals surface area contributed by atoms with Crippen LogP contribution in [0, 0.1) is 6.92 Å². The molecule has 26 heavy (non-hydrogen) atoms. The van der Waals surface area contributed by atoms with E-state index < -0.39 is 0 Å². The van der Waals surface area contributed by atoms with Crippen molar-refractivity contribution in [1.82, 2.24) is 14.9 Å². The molecule has 6 heteroatoms. The molecule has 1 aromatic carbocycles. The third kappa shape index (κ3) is 3.75. The van der Waals surface area contributed by atoms with Gasteiger partial charge in [0, 0.05) is 64.2 Å². The average molecular weight is 352 g/mol. The van der Waals surface area contributed by atoms with Gasteiger partial charge in [0.1, 0.15) is 5.82 Å². The molecule has 0 unspecified atom stereocenters. The first-order valence-corrected chi connectivity index (χ1v) is 9.52. The molecule has 0 N–H and O–H groups in total. The second kappa shape index (κ2) is 7.50. The summed E-state index contributed by atoms with van der Waals surface area (Å²) < 4.78 is 0. The van der Waals surface area contributed by atoms with Crippen LogP contribution in [-0.4, -0.2) is 74.3 Å². The molecule has 0 aliphatic carbocycles. The summed E-state index contributed by atoms with van der Waals surface area (Å²) in [4.78, 5) is 18.9. The normalized spacial score (nSPS) is 19.1. The van der Waals surface area contributed by atoms with E-state index in [1.165, 1.54) is 11.3 Å². The maximum Gasteiger partial charge on any atom is 0.227 e. The number of likely N-dealkylation sites (N-methyl/N-ethyl adjacent to an activating group) is 1. The van der Waals surface area contributed by atoms with Gasteiger partial charge in [-0.1, -0.05) is 12.1 Å². The predicted molar refractivity (Wildman–Crippen MR) is 107 cm³/mol. The van der Waals surface area contributed by atoms with Gasteiger partial charge >= 0.3 is 0 Å². The summed E-state index contributed by atoms with van der Waals surface area (Å²) in [7, 11) is 2.18. The van der Waals surface area contributed by atoms with E-state index in [0.717, 1.165) is 64.1 Å². The Balaban J connectivity index is 1.41. The van der Waals surface area contributed by atoms with Gasteiger partial charge in [-0.2, -0.15) is 4.98 Å². The molecule has 0 bridgehead atoms. The van der Waals surface area contributed by atoms with Gasteiger partial charge in [-0.3, -0.25) is 0 Å². The lowest BCUT2D eigenvalue weighted by molar-refractivity contribution is 0.312. The molecule has 2 aliphatic rings. The highest BCUT2D eigenvalue weighted by Gasteiger charge is 2.21. The van der Waals surface area contributed by atoms with E-state index in [0.29, 0.717) is 0 Å². The van der Waals surface area contributed by atoms with Crippen molar-refractivity contribution < 1.29 is 0 Å². The van der Waals surface area contributed by atoms with Crippen LogP contribution < -0.4 is 14.7 Å². The van der Waals surface area contributed by atoms with Crippen LogP contribution in [0.5, 0.6) is 0 Å². The number of aromatic nitrogens is 2. The molecule has 0 atom stereocenters.